The third kappa shape index (κ3) is 6.16. The highest BCUT2D eigenvalue weighted by molar-refractivity contribution is 5.84. The first-order chi connectivity index (χ1) is 11.5. The number of amides is 1. The molecule has 0 aliphatic carbocycles. The van der Waals surface area contributed by atoms with E-state index in [1.54, 1.807) is 37.3 Å². The Labute approximate surface area is 141 Å². The molecule has 0 saturated heterocycles. The minimum Gasteiger partial charge on any atom is -0.493 e. The normalized spacial score (nSPS) is 11.8. The van der Waals surface area contributed by atoms with Crippen LogP contribution in [0.4, 0.5) is 0 Å². The Balaban J connectivity index is 2.65. The van der Waals surface area contributed by atoms with Crippen molar-refractivity contribution in [3.8, 4) is 11.5 Å². The van der Waals surface area contributed by atoms with Gasteiger partial charge in [0.05, 0.1) is 7.11 Å². The molecule has 0 heterocycles. The number of aliphatic carboxylic acids is 1. The van der Waals surface area contributed by atoms with Gasteiger partial charge in [-0.2, -0.15) is 0 Å². The number of carbonyl (C=O) groups excluding carboxylic acids is 1. The van der Waals surface area contributed by atoms with Crippen molar-refractivity contribution in [3.63, 3.8) is 0 Å². The Bertz CT molecular complexity index is 609. The van der Waals surface area contributed by atoms with E-state index in [0.717, 1.165) is 5.56 Å². The Morgan fingerprint density at radius 2 is 2.12 bits per heavy atom. The highest BCUT2D eigenvalue weighted by Crippen LogP contribution is 2.28. The van der Waals surface area contributed by atoms with Gasteiger partial charge in [0, 0.05) is 0 Å². The smallest absolute Gasteiger partial charge is 0.326 e. The van der Waals surface area contributed by atoms with Crippen LogP contribution in [0.15, 0.2) is 43.0 Å². The van der Waals surface area contributed by atoms with Gasteiger partial charge in [-0.15, -0.1) is 6.58 Å². The van der Waals surface area contributed by atoms with Gasteiger partial charge in [-0.1, -0.05) is 24.3 Å². The van der Waals surface area contributed by atoms with Crippen molar-refractivity contribution in [1.82, 2.24) is 5.32 Å². The number of allylic oxidation sites excluding steroid dienone is 2. The first kappa shape index (κ1) is 19.3. The van der Waals surface area contributed by atoms with Crippen molar-refractivity contribution < 1.29 is 24.2 Å². The summed E-state index contributed by atoms with van der Waals surface area (Å²) in [6.07, 6.45) is 6.11. The zero-order valence-electron chi connectivity index (χ0n) is 14.0. The van der Waals surface area contributed by atoms with Crippen LogP contribution in [0.25, 0.3) is 0 Å². The molecule has 1 aromatic rings. The number of benzene rings is 1. The largest absolute Gasteiger partial charge is 0.493 e. The number of rotatable bonds is 10. The number of methoxy groups -OCH3 is 1. The van der Waals surface area contributed by atoms with Gasteiger partial charge in [0.2, 0.25) is 0 Å². The van der Waals surface area contributed by atoms with Gasteiger partial charge < -0.3 is 19.9 Å². The van der Waals surface area contributed by atoms with Crippen LogP contribution in [-0.4, -0.2) is 36.7 Å². The fourth-order valence-corrected chi connectivity index (χ4v) is 2.00. The molecule has 6 nitrogen and oxygen atoms in total. The molecule has 0 radical (unpaired) electrons. The second-order valence-corrected chi connectivity index (χ2v) is 5.03. The zero-order valence-corrected chi connectivity index (χ0v) is 14.0. The van der Waals surface area contributed by atoms with E-state index in [4.69, 9.17) is 14.6 Å². The minimum absolute atomic E-state index is 0.219. The molecule has 0 aromatic heterocycles. The van der Waals surface area contributed by atoms with E-state index < -0.39 is 17.9 Å². The lowest BCUT2D eigenvalue weighted by Gasteiger charge is -2.14. The minimum atomic E-state index is -1.09. The predicted molar refractivity (Wildman–Crippen MR) is 91.4 cm³/mol. The first-order valence-corrected chi connectivity index (χ1v) is 7.55. The van der Waals surface area contributed by atoms with E-state index in [1.807, 2.05) is 6.07 Å². The summed E-state index contributed by atoms with van der Waals surface area (Å²) in [5.74, 6) is -0.677. The molecule has 1 rings (SSSR count). The Kier molecular flexibility index (Phi) is 8.11. The van der Waals surface area contributed by atoms with Crippen LogP contribution < -0.4 is 14.8 Å². The van der Waals surface area contributed by atoms with Gasteiger partial charge in [0.1, 0.15) is 6.04 Å². The lowest BCUT2D eigenvalue weighted by atomic mass is 10.1. The monoisotopic (exact) mass is 333 g/mol. The van der Waals surface area contributed by atoms with E-state index in [0.29, 0.717) is 17.9 Å². The van der Waals surface area contributed by atoms with E-state index in [1.165, 1.54) is 7.11 Å². The molecule has 1 amide bonds. The Hall–Kier alpha value is -2.76. The van der Waals surface area contributed by atoms with Gasteiger partial charge in [-0.05, 0) is 37.5 Å². The SMILES string of the molecule is C=CCc1ccc(OCC(=O)NC(C/C=C/C)C(=O)O)c(OC)c1. The standard InChI is InChI=1S/C18H23NO5/c1-4-6-8-14(18(21)22)19-17(20)12-24-15-10-9-13(7-5-2)11-16(15)23-3/h4-6,9-11,14H,2,7-8,12H2,1,3H3,(H,19,20)(H,21,22)/b6-4+. The summed E-state index contributed by atoms with van der Waals surface area (Å²) < 4.78 is 10.7. The van der Waals surface area contributed by atoms with E-state index in [2.05, 4.69) is 11.9 Å². The molecule has 130 valence electrons. The molecule has 0 aliphatic heterocycles. The average molecular weight is 333 g/mol. The van der Waals surface area contributed by atoms with E-state index in [-0.39, 0.29) is 13.0 Å². The van der Waals surface area contributed by atoms with Crippen LogP contribution >= 0.6 is 0 Å². The molecule has 0 aliphatic rings. The molecule has 1 aromatic carbocycles. The second kappa shape index (κ2) is 10.1. The molecule has 6 heteroatoms. The van der Waals surface area contributed by atoms with Gasteiger partial charge in [0.15, 0.2) is 18.1 Å². The second-order valence-electron chi connectivity index (χ2n) is 5.03. The summed E-state index contributed by atoms with van der Waals surface area (Å²) >= 11 is 0. The lowest BCUT2D eigenvalue weighted by Crippen LogP contribution is -2.42. The molecule has 0 bridgehead atoms. The maximum Gasteiger partial charge on any atom is 0.326 e. The molecule has 24 heavy (non-hydrogen) atoms. The molecule has 1 atom stereocenters. The van der Waals surface area contributed by atoms with Crippen molar-refractivity contribution >= 4 is 11.9 Å². The average Bonchev–Trinajstić information content (AvgIpc) is 2.57. The van der Waals surface area contributed by atoms with Crippen LogP contribution in [0.2, 0.25) is 0 Å². The first-order valence-electron chi connectivity index (χ1n) is 7.55. The molecular weight excluding hydrogens is 310 g/mol. The number of hydrogen-bond donors (Lipinski definition) is 2. The maximum atomic E-state index is 11.9. The summed E-state index contributed by atoms with van der Waals surface area (Å²) in [5.41, 5.74) is 1.01. The quantitative estimate of drug-likeness (QED) is 0.642. The van der Waals surface area contributed by atoms with Gasteiger partial charge in [-0.25, -0.2) is 4.79 Å². The zero-order chi connectivity index (χ0) is 17.9. The van der Waals surface area contributed by atoms with Crippen LogP contribution in [0, 0.1) is 0 Å². The third-order valence-corrected chi connectivity index (χ3v) is 3.21. The predicted octanol–water partition coefficient (Wildman–Crippen LogP) is 2.34. The van der Waals surface area contributed by atoms with Gasteiger partial charge in [-0.3, -0.25) is 4.79 Å². The number of carboxylic acids is 1. The number of hydrogen-bond acceptors (Lipinski definition) is 4. The number of carboxylic acid groups (broad SMARTS) is 1. The van der Waals surface area contributed by atoms with E-state index in [9.17, 15) is 9.59 Å². The van der Waals surface area contributed by atoms with Crippen molar-refractivity contribution in [2.45, 2.75) is 25.8 Å². The topological polar surface area (TPSA) is 84.9 Å². The lowest BCUT2D eigenvalue weighted by molar-refractivity contribution is -0.142. The highest BCUT2D eigenvalue weighted by atomic mass is 16.5. The summed E-state index contributed by atoms with van der Waals surface area (Å²) in [6, 6.07) is 4.39. The molecule has 0 spiro atoms. The van der Waals surface area contributed by atoms with Gasteiger partial charge in [0.25, 0.3) is 5.91 Å². The van der Waals surface area contributed by atoms with Crippen molar-refractivity contribution in [1.29, 1.82) is 0 Å². The van der Waals surface area contributed by atoms with Crippen LogP contribution in [0.5, 0.6) is 11.5 Å². The fourth-order valence-electron chi connectivity index (χ4n) is 2.00. The number of carbonyl (C=O) groups is 2. The number of nitrogens with one attached hydrogen (secondary N) is 1. The number of ether oxygens (including phenoxy) is 2. The van der Waals surface area contributed by atoms with Crippen LogP contribution in [0.1, 0.15) is 18.9 Å². The van der Waals surface area contributed by atoms with Crippen molar-refractivity contribution in [2.24, 2.45) is 0 Å². The molecule has 0 fully saturated rings. The Morgan fingerprint density at radius 1 is 1.38 bits per heavy atom. The van der Waals surface area contributed by atoms with Gasteiger partial charge >= 0.3 is 5.97 Å². The molecular formula is C18H23NO5. The summed E-state index contributed by atoms with van der Waals surface area (Å²) in [4.78, 5) is 23.0. The fraction of sp³-hybridized carbons (Fsp3) is 0.333. The summed E-state index contributed by atoms with van der Waals surface area (Å²) in [6.45, 7) is 5.17. The van der Waals surface area contributed by atoms with E-state index >= 15 is 0 Å². The van der Waals surface area contributed by atoms with Crippen LogP contribution in [-0.2, 0) is 16.0 Å². The molecule has 2 N–H and O–H groups in total. The summed E-state index contributed by atoms with van der Waals surface area (Å²) in [7, 11) is 1.51. The highest BCUT2D eigenvalue weighted by Gasteiger charge is 2.19. The van der Waals surface area contributed by atoms with Crippen LogP contribution in [0.3, 0.4) is 0 Å². The van der Waals surface area contributed by atoms with Crippen molar-refractivity contribution in [2.75, 3.05) is 13.7 Å². The van der Waals surface area contributed by atoms with Crippen molar-refractivity contribution in [3.05, 3.63) is 48.6 Å². The molecule has 1 unspecified atom stereocenters. The third-order valence-electron chi connectivity index (χ3n) is 3.21. The summed E-state index contributed by atoms with van der Waals surface area (Å²) in [5, 5.41) is 11.5. The Morgan fingerprint density at radius 3 is 2.71 bits per heavy atom. The maximum absolute atomic E-state index is 11.9. The molecule has 0 saturated carbocycles.